The summed E-state index contributed by atoms with van der Waals surface area (Å²) >= 11 is 0. The Kier molecular flexibility index (Phi) is 5.32. The summed E-state index contributed by atoms with van der Waals surface area (Å²) in [5.41, 5.74) is 1.32. The average Bonchev–Trinajstić information content (AvgIpc) is 3.43. The van der Waals surface area contributed by atoms with Gasteiger partial charge in [0.2, 0.25) is 5.91 Å². The zero-order valence-corrected chi connectivity index (χ0v) is 15.4. The van der Waals surface area contributed by atoms with Gasteiger partial charge in [0.25, 0.3) is 0 Å². The highest BCUT2D eigenvalue weighted by Crippen LogP contribution is 2.37. The molecule has 0 bridgehead atoms. The van der Waals surface area contributed by atoms with Crippen LogP contribution in [0.15, 0.2) is 30.3 Å². The number of piperidine rings is 1. The lowest BCUT2D eigenvalue weighted by atomic mass is 9.93. The van der Waals surface area contributed by atoms with Crippen molar-refractivity contribution in [3.63, 3.8) is 0 Å². The summed E-state index contributed by atoms with van der Waals surface area (Å²) in [4.78, 5) is 19.1. The highest BCUT2D eigenvalue weighted by atomic mass is 16.2. The van der Waals surface area contributed by atoms with E-state index in [4.69, 9.17) is 0 Å². The van der Waals surface area contributed by atoms with Crippen LogP contribution in [0.1, 0.15) is 61.7 Å². The Hall–Kier alpha value is -2.17. The Morgan fingerprint density at radius 3 is 2.62 bits per heavy atom. The molecule has 1 aliphatic carbocycles. The van der Waals surface area contributed by atoms with Gasteiger partial charge in [0.1, 0.15) is 5.82 Å². The lowest BCUT2D eigenvalue weighted by Crippen LogP contribution is -2.38. The summed E-state index contributed by atoms with van der Waals surface area (Å²) in [7, 11) is 0. The molecule has 2 aromatic rings. The van der Waals surface area contributed by atoms with Gasteiger partial charge in [-0.25, -0.2) is 4.98 Å². The van der Waals surface area contributed by atoms with Crippen LogP contribution < -0.4 is 0 Å². The molecule has 1 aromatic heterocycles. The molecule has 0 unspecified atom stereocenters. The van der Waals surface area contributed by atoms with E-state index < -0.39 is 0 Å². The minimum Gasteiger partial charge on any atom is -0.343 e. The molecule has 1 aromatic carbocycles. The Morgan fingerprint density at radius 1 is 1.12 bits per heavy atom. The summed E-state index contributed by atoms with van der Waals surface area (Å²) < 4.78 is 0. The van der Waals surface area contributed by atoms with Gasteiger partial charge in [0.05, 0.1) is 0 Å². The van der Waals surface area contributed by atoms with Crippen molar-refractivity contribution in [2.24, 2.45) is 5.92 Å². The molecule has 1 saturated carbocycles. The molecule has 138 valence electrons. The van der Waals surface area contributed by atoms with Crippen LogP contribution in [0, 0.1) is 5.92 Å². The van der Waals surface area contributed by atoms with E-state index in [1.165, 1.54) is 18.4 Å². The second-order valence-corrected chi connectivity index (χ2v) is 7.78. The summed E-state index contributed by atoms with van der Waals surface area (Å²) in [6.07, 6.45) is 8.17. The number of rotatable bonds is 7. The van der Waals surface area contributed by atoms with E-state index in [-0.39, 0.29) is 0 Å². The Labute approximate surface area is 155 Å². The number of hydrogen-bond donors (Lipinski definition) is 1. The van der Waals surface area contributed by atoms with Crippen LogP contribution in [0.25, 0.3) is 0 Å². The molecule has 1 N–H and O–H groups in total. The number of H-pyrrole nitrogens is 1. The molecule has 2 aliphatic rings. The number of aromatic nitrogens is 3. The average molecular weight is 352 g/mol. The zero-order valence-electron chi connectivity index (χ0n) is 15.4. The fourth-order valence-electron chi connectivity index (χ4n) is 3.83. The van der Waals surface area contributed by atoms with Gasteiger partial charge in [-0.3, -0.25) is 9.89 Å². The molecule has 1 aliphatic heterocycles. The normalized spacial score (nSPS) is 18.2. The first-order valence-electron chi connectivity index (χ1n) is 10.0. The van der Waals surface area contributed by atoms with Crippen molar-refractivity contribution in [3.05, 3.63) is 47.5 Å². The van der Waals surface area contributed by atoms with Crippen molar-refractivity contribution < 1.29 is 4.79 Å². The number of carbonyl (C=O) groups excluding carboxylic acids is 1. The maximum absolute atomic E-state index is 12.4. The highest BCUT2D eigenvalue weighted by Gasteiger charge is 2.28. The number of likely N-dealkylation sites (tertiary alicyclic amines) is 1. The fourth-order valence-corrected chi connectivity index (χ4v) is 3.83. The van der Waals surface area contributed by atoms with Gasteiger partial charge in [-0.1, -0.05) is 30.3 Å². The van der Waals surface area contributed by atoms with Crippen molar-refractivity contribution in [2.45, 2.75) is 57.3 Å². The molecule has 26 heavy (non-hydrogen) atoms. The largest absolute Gasteiger partial charge is 0.343 e. The second-order valence-electron chi connectivity index (χ2n) is 7.78. The predicted octanol–water partition coefficient (Wildman–Crippen LogP) is 3.49. The minimum absolute atomic E-state index is 0.315. The number of aromatic amines is 1. The molecule has 1 amide bonds. The van der Waals surface area contributed by atoms with Crippen LogP contribution in [0.3, 0.4) is 0 Å². The van der Waals surface area contributed by atoms with Crippen LogP contribution in [0.5, 0.6) is 0 Å². The lowest BCUT2D eigenvalue weighted by Gasteiger charge is -2.31. The first-order chi connectivity index (χ1) is 12.8. The molecule has 2 heterocycles. The van der Waals surface area contributed by atoms with Gasteiger partial charge in [0, 0.05) is 31.8 Å². The number of nitrogens with zero attached hydrogens (tertiary/aromatic N) is 3. The van der Waals surface area contributed by atoms with Gasteiger partial charge >= 0.3 is 0 Å². The molecule has 0 spiro atoms. The van der Waals surface area contributed by atoms with Gasteiger partial charge in [0.15, 0.2) is 5.82 Å². The van der Waals surface area contributed by atoms with E-state index in [0.717, 1.165) is 56.8 Å². The summed E-state index contributed by atoms with van der Waals surface area (Å²) in [6.45, 7) is 1.77. The molecule has 0 radical (unpaired) electrons. The van der Waals surface area contributed by atoms with Gasteiger partial charge in [-0.05, 0) is 50.0 Å². The first kappa shape index (κ1) is 17.3. The topological polar surface area (TPSA) is 61.9 Å². The van der Waals surface area contributed by atoms with Crippen molar-refractivity contribution >= 4 is 5.91 Å². The fraction of sp³-hybridized carbons (Fsp3) is 0.571. The molecule has 5 nitrogen and oxygen atoms in total. The van der Waals surface area contributed by atoms with E-state index in [1.807, 2.05) is 6.07 Å². The summed E-state index contributed by atoms with van der Waals surface area (Å²) in [5.74, 6) is 3.57. The van der Waals surface area contributed by atoms with Crippen LogP contribution >= 0.6 is 0 Å². The summed E-state index contributed by atoms with van der Waals surface area (Å²) in [5, 5.41) is 7.46. The number of nitrogens with one attached hydrogen (secondary N) is 1. The Morgan fingerprint density at radius 2 is 1.88 bits per heavy atom. The molecule has 4 rings (SSSR count). The van der Waals surface area contributed by atoms with Crippen molar-refractivity contribution in [1.82, 2.24) is 20.1 Å². The van der Waals surface area contributed by atoms with Crippen molar-refractivity contribution in [1.29, 1.82) is 0 Å². The highest BCUT2D eigenvalue weighted by molar-refractivity contribution is 5.76. The van der Waals surface area contributed by atoms with Crippen LogP contribution in [0.4, 0.5) is 0 Å². The molecule has 1 saturated heterocycles. The predicted molar refractivity (Wildman–Crippen MR) is 101 cm³/mol. The number of carbonyl (C=O) groups is 1. The Bertz CT molecular complexity index is 715. The molecule has 5 heteroatoms. The van der Waals surface area contributed by atoms with E-state index in [0.29, 0.717) is 24.2 Å². The zero-order chi connectivity index (χ0) is 17.8. The SMILES string of the molecule is O=C(CCCc1ccccc1)N1CCC(Cc2nc(C3CC3)n[nH]2)CC1. The third kappa shape index (κ3) is 4.51. The number of aryl methyl sites for hydroxylation is 1. The monoisotopic (exact) mass is 352 g/mol. The van der Waals surface area contributed by atoms with Crippen molar-refractivity contribution in [2.75, 3.05) is 13.1 Å². The quantitative estimate of drug-likeness (QED) is 0.830. The number of hydrogen-bond acceptors (Lipinski definition) is 3. The second kappa shape index (κ2) is 8.02. The Balaban J connectivity index is 1.17. The van der Waals surface area contributed by atoms with E-state index >= 15 is 0 Å². The van der Waals surface area contributed by atoms with E-state index in [2.05, 4.69) is 44.3 Å². The minimum atomic E-state index is 0.315. The molecular formula is C21H28N4O. The molecular weight excluding hydrogens is 324 g/mol. The molecule has 2 fully saturated rings. The molecule has 0 atom stereocenters. The third-order valence-corrected chi connectivity index (χ3v) is 5.64. The van der Waals surface area contributed by atoms with Crippen molar-refractivity contribution in [3.8, 4) is 0 Å². The first-order valence-corrected chi connectivity index (χ1v) is 10.0. The third-order valence-electron chi connectivity index (χ3n) is 5.64. The van der Waals surface area contributed by atoms with Gasteiger partial charge in [-0.2, -0.15) is 5.10 Å². The lowest BCUT2D eigenvalue weighted by molar-refractivity contribution is -0.132. The van der Waals surface area contributed by atoms with Gasteiger partial charge in [-0.15, -0.1) is 0 Å². The van der Waals surface area contributed by atoms with Crippen LogP contribution in [-0.2, 0) is 17.6 Å². The maximum atomic E-state index is 12.4. The number of amides is 1. The van der Waals surface area contributed by atoms with E-state index in [9.17, 15) is 4.79 Å². The maximum Gasteiger partial charge on any atom is 0.222 e. The standard InChI is InChI=1S/C21H28N4O/c26-20(8-4-7-16-5-2-1-3-6-16)25-13-11-17(12-14-25)15-19-22-21(24-23-19)18-9-10-18/h1-3,5-6,17-18H,4,7-15H2,(H,22,23,24). The van der Waals surface area contributed by atoms with Crippen LogP contribution in [-0.4, -0.2) is 39.1 Å². The number of benzene rings is 1. The van der Waals surface area contributed by atoms with Crippen LogP contribution in [0.2, 0.25) is 0 Å². The van der Waals surface area contributed by atoms with E-state index in [1.54, 1.807) is 0 Å². The van der Waals surface area contributed by atoms with Gasteiger partial charge < -0.3 is 4.90 Å². The smallest absolute Gasteiger partial charge is 0.222 e. The summed E-state index contributed by atoms with van der Waals surface area (Å²) in [6, 6.07) is 10.4.